The van der Waals surface area contributed by atoms with Crippen molar-refractivity contribution in [2.24, 2.45) is 0 Å². The molecule has 2 saturated heterocycles. The van der Waals surface area contributed by atoms with Gasteiger partial charge in [-0.2, -0.15) is 5.10 Å². The van der Waals surface area contributed by atoms with Gasteiger partial charge in [0.25, 0.3) is 5.91 Å². The Morgan fingerprint density at radius 1 is 0.800 bits per heavy atom. The Balaban J connectivity index is 1.35. The third kappa shape index (κ3) is 5.41. The Kier molecular flexibility index (Phi) is 7.16. The molecular weight excluding hydrogens is 462 g/mol. The molecule has 0 saturated carbocycles. The van der Waals surface area contributed by atoms with E-state index in [2.05, 4.69) is 4.90 Å². The van der Waals surface area contributed by atoms with Gasteiger partial charge in [-0.3, -0.25) is 14.5 Å². The van der Waals surface area contributed by atoms with E-state index in [0.717, 1.165) is 55.8 Å². The van der Waals surface area contributed by atoms with E-state index in [1.54, 1.807) is 4.68 Å². The highest BCUT2D eigenvalue weighted by Crippen LogP contribution is 2.24. The summed E-state index contributed by atoms with van der Waals surface area (Å²) in [6.07, 6.45) is 3.03. The lowest BCUT2D eigenvalue weighted by molar-refractivity contribution is -0.131. The van der Waals surface area contributed by atoms with E-state index in [-0.39, 0.29) is 11.8 Å². The van der Waals surface area contributed by atoms with Gasteiger partial charge in [0, 0.05) is 49.9 Å². The molecule has 8 heteroatoms. The van der Waals surface area contributed by atoms with Gasteiger partial charge in [0.05, 0.1) is 17.9 Å². The van der Waals surface area contributed by atoms with Gasteiger partial charge in [-0.05, 0) is 49.6 Å². The number of likely N-dealkylation sites (tertiary alicyclic amines) is 1. The maximum absolute atomic E-state index is 13.7. The fraction of sp³-hybridized carbons (Fsp3) is 0.370. The topological polar surface area (TPSA) is 61.7 Å². The third-order valence-corrected chi connectivity index (χ3v) is 7.01. The lowest BCUT2D eigenvalue weighted by Crippen LogP contribution is -2.41. The lowest BCUT2D eigenvalue weighted by Gasteiger charge is -2.24. The van der Waals surface area contributed by atoms with Gasteiger partial charge in [0.1, 0.15) is 5.69 Å². The van der Waals surface area contributed by atoms with E-state index >= 15 is 0 Å². The molecule has 0 bridgehead atoms. The van der Waals surface area contributed by atoms with Crippen LogP contribution in [-0.4, -0.2) is 82.1 Å². The molecule has 2 fully saturated rings. The second-order valence-electron chi connectivity index (χ2n) is 9.18. The molecule has 2 aliphatic rings. The van der Waals surface area contributed by atoms with E-state index in [1.165, 1.54) is 0 Å². The zero-order valence-electron chi connectivity index (χ0n) is 19.8. The highest BCUT2D eigenvalue weighted by Gasteiger charge is 2.27. The van der Waals surface area contributed by atoms with Crippen molar-refractivity contribution in [2.45, 2.75) is 19.3 Å². The molecule has 0 N–H and O–H groups in total. The molecule has 2 amide bonds. The van der Waals surface area contributed by atoms with Crippen molar-refractivity contribution in [1.29, 1.82) is 0 Å². The number of benzene rings is 2. The van der Waals surface area contributed by atoms with E-state index in [4.69, 9.17) is 16.7 Å². The van der Waals surface area contributed by atoms with Crippen molar-refractivity contribution in [3.05, 3.63) is 71.4 Å². The van der Waals surface area contributed by atoms with Crippen LogP contribution in [0.4, 0.5) is 0 Å². The lowest BCUT2D eigenvalue weighted by atomic mass is 10.1. The van der Waals surface area contributed by atoms with Crippen LogP contribution >= 0.6 is 11.6 Å². The van der Waals surface area contributed by atoms with Crippen molar-refractivity contribution < 1.29 is 9.59 Å². The predicted octanol–water partition coefficient (Wildman–Crippen LogP) is 3.96. The van der Waals surface area contributed by atoms with Crippen molar-refractivity contribution in [3.8, 4) is 16.9 Å². The zero-order chi connectivity index (χ0) is 24.2. The Morgan fingerprint density at radius 3 is 2.26 bits per heavy atom. The summed E-state index contributed by atoms with van der Waals surface area (Å²) in [7, 11) is 0. The molecule has 35 heavy (non-hydrogen) atoms. The first kappa shape index (κ1) is 23.6. The van der Waals surface area contributed by atoms with Crippen LogP contribution in [0, 0.1) is 0 Å². The van der Waals surface area contributed by atoms with Crippen LogP contribution in [0.3, 0.4) is 0 Å². The predicted molar refractivity (Wildman–Crippen MR) is 137 cm³/mol. The van der Waals surface area contributed by atoms with Crippen molar-refractivity contribution >= 4 is 23.4 Å². The van der Waals surface area contributed by atoms with E-state index < -0.39 is 0 Å². The first-order chi connectivity index (χ1) is 17.1. The molecule has 0 radical (unpaired) electrons. The number of para-hydroxylation sites is 1. The van der Waals surface area contributed by atoms with Gasteiger partial charge in [-0.15, -0.1) is 0 Å². The minimum absolute atomic E-state index is 0.0470. The minimum Gasteiger partial charge on any atom is -0.342 e. The molecule has 7 nitrogen and oxygen atoms in total. The average molecular weight is 492 g/mol. The number of carbonyl (C=O) groups excluding carboxylic acids is 2. The molecule has 2 aliphatic heterocycles. The molecule has 0 aliphatic carbocycles. The van der Waals surface area contributed by atoms with Gasteiger partial charge < -0.3 is 9.80 Å². The molecule has 2 aromatic carbocycles. The molecule has 3 aromatic rings. The first-order valence-corrected chi connectivity index (χ1v) is 12.7. The number of rotatable bonds is 5. The molecule has 3 heterocycles. The summed E-state index contributed by atoms with van der Waals surface area (Å²) in [4.78, 5) is 32.4. The van der Waals surface area contributed by atoms with E-state index in [9.17, 15) is 9.59 Å². The number of carbonyl (C=O) groups is 2. The minimum atomic E-state index is -0.0470. The standard InChI is InChI=1S/C27H30ClN5O2/c28-22-11-9-21(10-12-22)24-19-25(33(29-24)23-7-2-1-3-8-23)27(35)32-16-6-13-30(17-18-32)20-26(34)31-14-4-5-15-31/h1-3,7-12,19H,4-6,13-18,20H2. The second kappa shape index (κ2) is 10.6. The molecule has 0 spiro atoms. The normalized spacial score (nSPS) is 16.9. The number of hydrogen-bond acceptors (Lipinski definition) is 4. The van der Waals surface area contributed by atoms with Crippen molar-refractivity contribution in [2.75, 3.05) is 45.8 Å². The summed E-state index contributed by atoms with van der Waals surface area (Å²) in [6, 6.07) is 19.1. The van der Waals surface area contributed by atoms with Gasteiger partial charge in [-0.25, -0.2) is 4.68 Å². The molecular formula is C27H30ClN5O2. The molecule has 0 unspecified atom stereocenters. The molecule has 182 valence electrons. The number of nitrogens with zero attached hydrogens (tertiary/aromatic N) is 5. The Morgan fingerprint density at radius 2 is 1.51 bits per heavy atom. The highest BCUT2D eigenvalue weighted by atomic mass is 35.5. The summed E-state index contributed by atoms with van der Waals surface area (Å²) in [5, 5.41) is 5.44. The summed E-state index contributed by atoms with van der Waals surface area (Å²) >= 11 is 6.06. The number of halogens is 1. The van der Waals surface area contributed by atoms with Crippen LogP contribution in [0.25, 0.3) is 16.9 Å². The quantitative estimate of drug-likeness (QED) is 0.542. The molecule has 5 rings (SSSR count). The van der Waals surface area contributed by atoms with Gasteiger partial charge in [0.2, 0.25) is 5.91 Å². The van der Waals surface area contributed by atoms with Crippen molar-refractivity contribution in [1.82, 2.24) is 24.5 Å². The monoisotopic (exact) mass is 491 g/mol. The van der Waals surface area contributed by atoms with Crippen LogP contribution in [0.15, 0.2) is 60.7 Å². The van der Waals surface area contributed by atoms with Crippen LogP contribution < -0.4 is 0 Å². The van der Waals surface area contributed by atoms with Crippen molar-refractivity contribution in [3.63, 3.8) is 0 Å². The third-order valence-electron chi connectivity index (χ3n) is 6.76. The maximum atomic E-state index is 13.7. The molecule has 1 aromatic heterocycles. The smallest absolute Gasteiger partial charge is 0.272 e. The number of hydrogen-bond donors (Lipinski definition) is 0. The fourth-order valence-corrected chi connectivity index (χ4v) is 4.94. The first-order valence-electron chi connectivity index (χ1n) is 12.3. The fourth-order valence-electron chi connectivity index (χ4n) is 4.81. The van der Waals surface area contributed by atoms with Gasteiger partial charge >= 0.3 is 0 Å². The highest BCUT2D eigenvalue weighted by molar-refractivity contribution is 6.30. The maximum Gasteiger partial charge on any atom is 0.272 e. The Labute approximate surface area is 210 Å². The second-order valence-corrected chi connectivity index (χ2v) is 9.62. The number of amides is 2. The van der Waals surface area contributed by atoms with Gasteiger partial charge in [0.15, 0.2) is 0 Å². The summed E-state index contributed by atoms with van der Waals surface area (Å²) < 4.78 is 1.73. The van der Waals surface area contributed by atoms with Crippen LogP contribution in [0.1, 0.15) is 29.8 Å². The molecule has 0 atom stereocenters. The Bertz CT molecular complexity index is 1170. The van der Waals surface area contributed by atoms with Crippen LogP contribution in [0.5, 0.6) is 0 Å². The van der Waals surface area contributed by atoms with E-state index in [1.807, 2.05) is 70.5 Å². The summed E-state index contributed by atoms with van der Waals surface area (Å²) in [5.74, 6) is 0.159. The number of aromatic nitrogens is 2. The average Bonchev–Trinajstić information content (AvgIpc) is 3.52. The van der Waals surface area contributed by atoms with Crippen LogP contribution in [0.2, 0.25) is 5.02 Å². The van der Waals surface area contributed by atoms with Gasteiger partial charge in [-0.1, -0.05) is 41.9 Å². The van der Waals surface area contributed by atoms with E-state index in [0.29, 0.717) is 36.9 Å². The zero-order valence-corrected chi connectivity index (χ0v) is 20.5. The van der Waals surface area contributed by atoms with Crippen LogP contribution in [-0.2, 0) is 4.79 Å². The Hall–Kier alpha value is -3.16. The summed E-state index contributed by atoms with van der Waals surface area (Å²) in [6.45, 7) is 4.93. The summed E-state index contributed by atoms with van der Waals surface area (Å²) in [5.41, 5.74) is 2.99. The SMILES string of the molecule is O=C(CN1CCCN(C(=O)c2cc(-c3ccc(Cl)cc3)nn2-c2ccccc2)CC1)N1CCCC1. The largest absolute Gasteiger partial charge is 0.342 e.